The fraction of sp³-hybridized carbons (Fsp3) is 0.318. The van der Waals surface area contributed by atoms with Crippen molar-refractivity contribution in [3.05, 3.63) is 65.7 Å². The van der Waals surface area contributed by atoms with Gasteiger partial charge in [0.25, 0.3) is 5.67 Å². The minimum atomic E-state index is -3.50. The summed E-state index contributed by atoms with van der Waals surface area (Å²) in [6.07, 6.45) is -1.14. The molecule has 10 heteroatoms. The van der Waals surface area contributed by atoms with Crippen molar-refractivity contribution in [2.45, 2.75) is 43.0 Å². The van der Waals surface area contributed by atoms with Gasteiger partial charge >= 0.3 is 12.1 Å². The number of benzene rings is 2. The van der Waals surface area contributed by atoms with Crippen molar-refractivity contribution in [3.63, 3.8) is 0 Å². The van der Waals surface area contributed by atoms with Crippen LogP contribution in [0.3, 0.4) is 0 Å². The normalized spacial score (nSPS) is 14.1. The maximum atomic E-state index is 16.3. The molecule has 0 aliphatic heterocycles. The second-order valence-corrected chi connectivity index (χ2v) is 8.67. The first-order chi connectivity index (χ1) is 14.9. The van der Waals surface area contributed by atoms with E-state index in [2.05, 4.69) is 10.1 Å². The number of alkyl carbamates (subject to hydrolysis) is 1. The summed E-state index contributed by atoms with van der Waals surface area (Å²) in [5.74, 6) is -3.10. The number of esters is 1. The largest absolute Gasteiger partial charge is 0.466 e. The Kier molecular flexibility index (Phi) is 7.95. The maximum absolute atomic E-state index is 16.3. The Morgan fingerprint density at radius 2 is 1.59 bits per heavy atom. The Morgan fingerprint density at radius 1 is 1.00 bits per heavy atom. The number of amides is 1. The van der Waals surface area contributed by atoms with Crippen molar-refractivity contribution in [1.82, 2.24) is 5.32 Å². The molecule has 0 aliphatic carbocycles. The topological polar surface area (TPSA) is 81.7 Å². The first-order valence-corrected chi connectivity index (χ1v) is 10.2. The van der Waals surface area contributed by atoms with Gasteiger partial charge in [-0.3, -0.25) is 4.79 Å². The van der Waals surface area contributed by atoms with Crippen LogP contribution in [0, 0.1) is 11.6 Å². The highest BCUT2D eigenvalue weighted by molar-refractivity contribution is 8.14. The van der Waals surface area contributed by atoms with Gasteiger partial charge in [0.2, 0.25) is 5.12 Å². The first kappa shape index (κ1) is 25.3. The number of hydrogen-bond donors (Lipinski definition) is 1. The molecule has 0 fully saturated rings. The highest BCUT2D eigenvalue weighted by atomic mass is 32.2. The number of halogens is 3. The van der Waals surface area contributed by atoms with E-state index < -0.39 is 46.1 Å². The summed E-state index contributed by atoms with van der Waals surface area (Å²) in [5, 5.41) is 0.714. The van der Waals surface area contributed by atoms with Crippen LogP contribution >= 0.6 is 11.8 Å². The number of alkyl halides is 1. The van der Waals surface area contributed by atoms with E-state index in [1.165, 1.54) is 18.2 Å². The molecule has 0 radical (unpaired) electrons. The van der Waals surface area contributed by atoms with Gasteiger partial charge in [-0.2, -0.15) is 0 Å². The van der Waals surface area contributed by atoms with Crippen molar-refractivity contribution in [2.24, 2.45) is 0 Å². The van der Waals surface area contributed by atoms with E-state index in [-0.39, 0.29) is 22.2 Å². The molecule has 1 amide bonds. The SMILES string of the molecule is COC(=O)[C@@](F)(C(=O)Sc1ccccc1F)[C@@H](NC(=O)OC(C)(C)C)c1ccc(F)cc1. The molecule has 2 rings (SSSR count). The number of carbonyl (C=O) groups is 3. The summed E-state index contributed by atoms with van der Waals surface area (Å²) >= 11 is 0.131. The van der Waals surface area contributed by atoms with E-state index in [1.54, 1.807) is 20.8 Å². The Balaban J connectivity index is 2.54. The molecule has 6 nitrogen and oxygen atoms in total. The summed E-state index contributed by atoms with van der Waals surface area (Å²) in [7, 11) is 0.854. The third kappa shape index (κ3) is 6.03. The predicted molar refractivity (Wildman–Crippen MR) is 112 cm³/mol. The lowest BCUT2D eigenvalue weighted by Crippen LogP contribution is -2.54. The van der Waals surface area contributed by atoms with Gasteiger partial charge in [-0.25, -0.2) is 22.8 Å². The molecule has 0 spiro atoms. The minimum absolute atomic E-state index is 0.118. The molecule has 172 valence electrons. The van der Waals surface area contributed by atoms with Crippen molar-refractivity contribution >= 4 is 28.9 Å². The molecule has 0 aromatic heterocycles. The standard InChI is InChI=1S/C22H22F3NO5S/c1-21(2,3)31-20(29)26-17(13-9-11-14(23)12-10-13)22(25,18(27)30-4)19(28)32-16-8-6-5-7-15(16)24/h5-12,17H,1-4H3,(H,26,29)/t17-,22+/m0/s1. The predicted octanol–water partition coefficient (Wildman–Crippen LogP) is 4.73. The van der Waals surface area contributed by atoms with E-state index in [0.717, 1.165) is 37.4 Å². The molecule has 2 atom stereocenters. The van der Waals surface area contributed by atoms with Crippen LogP contribution in [-0.4, -0.2) is 35.6 Å². The number of methoxy groups -OCH3 is 1. The molecule has 0 heterocycles. The second-order valence-electron chi connectivity index (χ2n) is 7.65. The van der Waals surface area contributed by atoms with E-state index in [0.29, 0.717) is 0 Å². The van der Waals surface area contributed by atoms with Crippen molar-refractivity contribution in [2.75, 3.05) is 7.11 Å². The third-order valence-corrected chi connectivity index (χ3v) is 5.11. The van der Waals surface area contributed by atoms with Gasteiger partial charge in [0, 0.05) is 0 Å². The number of carbonyl (C=O) groups excluding carboxylic acids is 3. The number of hydrogen-bond acceptors (Lipinski definition) is 6. The van der Waals surface area contributed by atoms with Crippen LogP contribution in [0.5, 0.6) is 0 Å². The zero-order chi connectivity index (χ0) is 24.1. The summed E-state index contributed by atoms with van der Waals surface area (Å²) in [6, 6.07) is 7.23. The lowest BCUT2D eigenvalue weighted by atomic mass is 9.91. The molecular formula is C22H22F3NO5S. The molecule has 1 N–H and O–H groups in total. The van der Waals surface area contributed by atoms with Crippen molar-refractivity contribution < 1.29 is 37.0 Å². The quantitative estimate of drug-likeness (QED) is 0.374. The Labute approximate surface area is 187 Å². The van der Waals surface area contributed by atoms with Crippen LogP contribution in [0.15, 0.2) is 53.4 Å². The fourth-order valence-electron chi connectivity index (χ4n) is 2.66. The van der Waals surface area contributed by atoms with E-state index in [4.69, 9.17) is 4.74 Å². The van der Waals surface area contributed by atoms with Gasteiger partial charge in [0.1, 0.15) is 23.3 Å². The van der Waals surface area contributed by atoms with Gasteiger partial charge in [0.15, 0.2) is 0 Å². The lowest BCUT2D eigenvalue weighted by molar-refractivity contribution is -0.159. The molecule has 32 heavy (non-hydrogen) atoms. The lowest BCUT2D eigenvalue weighted by Gasteiger charge is -2.31. The van der Waals surface area contributed by atoms with Gasteiger partial charge in [0.05, 0.1) is 12.0 Å². The van der Waals surface area contributed by atoms with E-state index >= 15 is 4.39 Å². The van der Waals surface area contributed by atoms with Crippen LogP contribution in [-0.2, 0) is 19.1 Å². The van der Waals surface area contributed by atoms with Crippen LogP contribution < -0.4 is 5.32 Å². The van der Waals surface area contributed by atoms with Gasteiger partial charge in [-0.1, -0.05) is 24.3 Å². The van der Waals surface area contributed by atoms with Crippen molar-refractivity contribution in [1.29, 1.82) is 0 Å². The molecule has 2 aromatic rings. The number of ether oxygens (including phenoxy) is 2. The molecule has 0 saturated heterocycles. The van der Waals surface area contributed by atoms with Gasteiger partial charge < -0.3 is 14.8 Å². The number of thioether (sulfide) groups is 1. The highest BCUT2D eigenvalue weighted by Crippen LogP contribution is 2.38. The minimum Gasteiger partial charge on any atom is -0.466 e. The van der Waals surface area contributed by atoms with E-state index in [9.17, 15) is 23.2 Å². The van der Waals surface area contributed by atoms with Crippen LogP contribution in [0.25, 0.3) is 0 Å². The van der Waals surface area contributed by atoms with Crippen LogP contribution in [0.2, 0.25) is 0 Å². The molecule has 2 aromatic carbocycles. The summed E-state index contributed by atoms with van der Waals surface area (Å²) in [6.45, 7) is 4.67. The van der Waals surface area contributed by atoms with Crippen LogP contribution in [0.4, 0.5) is 18.0 Å². The van der Waals surface area contributed by atoms with Gasteiger partial charge in [-0.05, 0) is 62.4 Å². The summed E-state index contributed by atoms with van der Waals surface area (Å²) < 4.78 is 53.4. The van der Waals surface area contributed by atoms with Crippen molar-refractivity contribution in [3.8, 4) is 0 Å². The third-order valence-electron chi connectivity index (χ3n) is 4.08. The Hall–Kier alpha value is -3.01. The maximum Gasteiger partial charge on any atom is 0.408 e. The molecule has 0 saturated carbocycles. The summed E-state index contributed by atoms with van der Waals surface area (Å²) in [5.41, 5.74) is -4.60. The molecule has 0 aliphatic rings. The first-order valence-electron chi connectivity index (χ1n) is 9.37. The highest BCUT2D eigenvalue weighted by Gasteiger charge is 2.56. The zero-order valence-corrected chi connectivity index (χ0v) is 18.6. The average Bonchev–Trinajstić information content (AvgIpc) is 2.72. The average molecular weight is 469 g/mol. The molecular weight excluding hydrogens is 447 g/mol. The molecule has 0 unspecified atom stereocenters. The smallest absolute Gasteiger partial charge is 0.408 e. The Morgan fingerprint density at radius 3 is 2.12 bits per heavy atom. The van der Waals surface area contributed by atoms with Crippen LogP contribution in [0.1, 0.15) is 32.4 Å². The van der Waals surface area contributed by atoms with Gasteiger partial charge in [-0.15, -0.1) is 0 Å². The monoisotopic (exact) mass is 469 g/mol. The zero-order valence-electron chi connectivity index (χ0n) is 17.8. The Bertz CT molecular complexity index is 994. The second kappa shape index (κ2) is 10.1. The number of rotatable bonds is 6. The van der Waals surface area contributed by atoms with E-state index in [1.807, 2.05) is 0 Å². The molecule has 0 bridgehead atoms. The fourth-order valence-corrected chi connectivity index (χ4v) is 3.52. The summed E-state index contributed by atoms with van der Waals surface area (Å²) in [4.78, 5) is 37.7. The number of nitrogens with one attached hydrogen (secondary N) is 1.